The largest absolute Gasteiger partial charge is 0.492 e. The molecule has 0 saturated heterocycles. The SMILES string of the molecule is O=C1C=COC(c2cc(Br)c(Br)s2)C1. The van der Waals surface area contributed by atoms with E-state index >= 15 is 0 Å². The highest BCUT2D eigenvalue weighted by atomic mass is 79.9. The Hall–Kier alpha value is -0.130. The number of thiophene rings is 1. The molecule has 1 aliphatic heterocycles. The van der Waals surface area contributed by atoms with Crippen molar-refractivity contribution in [2.24, 2.45) is 0 Å². The number of halogens is 2. The Morgan fingerprint density at radius 2 is 2.29 bits per heavy atom. The highest BCUT2D eigenvalue weighted by Crippen LogP contribution is 2.38. The molecule has 0 aromatic carbocycles. The molecule has 1 aliphatic rings. The summed E-state index contributed by atoms with van der Waals surface area (Å²) in [4.78, 5) is 12.2. The summed E-state index contributed by atoms with van der Waals surface area (Å²) >= 11 is 8.40. The summed E-state index contributed by atoms with van der Waals surface area (Å²) < 4.78 is 7.40. The van der Waals surface area contributed by atoms with Crippen LogP contribution in [0.2, 0.25) is 0 Å². The Balaban J connectivity index is 2.23. The third kappa shape index (κ3) is 2.10. The minimum absolute atomic E-state index is 0.113. The number of carbonyl (C=O) groups excluding carboxylic acids is 1. The highest BCUT2D eigenvalue weighted by molar-refractivity contribution is 9.13. The zero-order chi connectivity index (χ0) is 10.1. The maximum Gasteiger partial charge on any atom is 0.162 e. The molecule has 74 valence electrons. The molecule has 0 aliphatic carbocycles. The van der Waals surface area contributed by atoms with E-state index in [2.05, 4.69) is 31.9 Å². The Kier molecular flexibility index (Phi) is 3.09. The van der Waals surface area contributed by atoms with Gasteiger partial charge in [-0.05, 0) is 37.9 Å². The molecule has 0 amide bonds. The molecule has 2 nitrogen and oxygen atoms in total. The van der Waals surface area contributed by atoms with Gasteiger partial charge in [-0.2, -0.15) is 0 Å². The van der Waals surface area contributed by atoms with Crippen LogP contribution < -0.4 is 0 Å². The summed E-state index contributed by atoms with van der Waals surface area (Å²) in [5.41, 5.74) is 0. The van der Waals surface area contributed by atoms with Crippen molar-refractivity contribution in [2.75, 3.05) is 0 Å². The summed E-state index contributed by atoms with van der Waals surface area (Å²) in [5.74, 6) is 0.113. The average Bonchev–Trinajstić information content (AvgIpc) is 2.47. The maximum atomic E-state index is 11.2. The molecule has 2 heterocycles. The minimum atomic E-state index is -0.125. The van der Waals surface area contributed by atoms with E-state index in [1.807, 2.05) is 6.07 Å². The fourth-order valence-corrected chi connectivity index (χ4v) is 3.33. The van der Waals surface area contributed by atoms with Crippen molar-refractivity contribution in [1.82, 2.24) is 0 Å². The van der Waals surface area contributed by atoms with Crippen LogP contribution in [-0.4, -0.2) is 5.78 Å². The van der Waals surface area contributed by atoms with Crippen LogP contribution in [0, 0.1) is 0 Å². The summed E-state index contributed by atoms with van der Waals surface area (Å²) in [6.45, 7) is 0. The standard InChI is InChI=1S/C9H6Br2O2S/c10-6-4-8(14-9(6)11)7-3-5(12)1-2-13-7/h1-2,4,7H,3H2. The predicted octanol–water partition coefficient (Wildman–Crippen LogP) is 3.82. The van der Waals surface area contributed by atoms with Crippen molar-refractivity contribution in [3.8, 4) is 0 Å². The van der Waals surface area contributed by atoms with Crippen molar-refractivity contribution < 1.29 is 9.53 Å². The second kappa shape index (κ2) is 4.16. The van der Waals surface area contributed by atoms with Gasteiger partial charge in [0.25, 0.3) is 0 Å². The van der Waals surface area contributed by atoms with Crippen LogP contribution in [0.5, 0.6) is 0 Å². The summed E-state index contributed by atoms with van der Waals surface area (Å²) in [7, 11) is 0. The number of ether oxygens (including phenoxy) is 1. The minimum Gasteiger partial charge on any atom is -0.492 e. The lowest BCUT2D eigenvalue weighted by molar-refractivity contribution is -0.118. The third-order valence-electron chi connectivity index (χ3n) is 1.86. The molecule has 0 fully saturated rings. The van der Waals surface area contributed by atoms with E-state index in [1.54, 1.807) is 11.3 Å². The van der Waals surface area contributed by atoms with Gasteiger partial charge < -0.3 is 4.74 Å². The lowest BCUT2D eigenvalue weighted by Gasteiger charge is -2.16. The molecular weight excluding hydrogens is 332 g/mol. The van der Waals surface area contributed by atoms with Crippen LogP contribution in [-0.2, 0) is 9.53 Å². The molecule has 0 N–H and O–H groups in total. The molecule has 0 saturated carbocycles. The maximum absolute atomic E-state index is 11.2. The second-order valence-corrected chi connectivity index (χ2v) is 6.12. The zero-order valence-corrected chi connectivity index (χ0v) is 11.0. The lowest BCUT2D eigenvalue weighted by atomic mass is 10.1. The van der Waals surface area contributed by atoms with E-state index in [-0.39, 0.29) is 11.9 Å². The Bertz CT molecular complexity index is 378. The number of hydrogen-bond acceptors (Lipinski definition) is 3. The van der Waals surface area contributed by atoms with Gasteiger partial charge in [0.15, 0.2) is 5.78 Å². The molecule has 5 heteroatoms. The predicted molar refractivity (Wildman–Crippen MR) is 62.3 cm³/mol. The summed E-state index contributed by atoms with van der Waals surface area (Å²) in [5, 5.41) is 0. The first-order valence-electron chi connectivity index (χ1n) is 3.96. The molecule has 1 unspecified atom stereocenters. The number of allylic oxidation sites excluding steroid dienone is 1. The van der Waals surface area contributed by atoms with Gasteiger partial charge in [0.05, 0.1) is 16.5 Å². The van der Waals surface area contributed by atoms with Gasteiger partial charge in [-0.25, -0.2) is 0 Å². The smallest absolute Gasteiger partial charge is 0.162 e. The molecule has 0 radical (unpaired) electrons. The molecule has 1 atom stereocenters. The van der Waals surface area contributed by atoms with E-state index in [0.717, 1.165) is 13.1 Å². The van der Waals surface area contributed by atoms with Gasteiger partial charge in [-0.15, -0.1) is 11.3 Å². The van der Waals surface area contributed by atoms with Crippen LogP contribution in [0.15, 0.2) is 26.7 Å². The fourth-order valence-electron chi connectivity index (χ4n) is 1.20. The molecule has 0 bridgehead atoms. The van der Waals surface area contributed by atoms with Crippen molar-refractivity contribution in [3.05, 3.63) is 31.5 Å². The second-order valence-electron chi connectivity index (χ2n) is 2.87. The van der Waals surface area contributed by atoms with Crippen molar-refractivity contribution in [2.45, 2.75) is 12.5 Å². The van der Waals surface area contributed by atoms with Gasteiger partial charge in [0.1, 0.15) is 6.10 Å². The molecule has 14 heavy (non-hydrogen) atoms. The van der Waals surface area contributed by atoms with Gasteiger partial charge in [0.2, 0.25) is 0 Å². The topological polar surface area (TPSA) is 26.3 Å². The molecular formula is C9H6Br2O2S. The van der Waals surface area contributed by atoms with Crippen LogP contribution >= 0.6 is 43.2 Å². The van der Waals surface area contributed by atoms with Crippen molar-refractivity contribution >= 4 is 49.0 Å². The summed E-state index contributed by atoms with van der Waals surface area (Å²) in [6, 6.07) is 1.98. The highest BCUT2D eigenvalue weighted by Gasteiger charge is 2.21. The van der Waals surface area contributed by atoms with E-state index in [0.29, 0.717) is 6.42 Å². The zero-order valence-electron chi connectivity index (χ0n) is 7.00. The van der Waals surface area contributed by atoms with Gasteiger partial charge >= 0.3 is 0 Å². The fraction of sp³-hybridized carbons (Fsp3) is 0.222. The Morgan fingerprint density at radius 3 is 2.86 bits per heavy atom. The van der Waals surface area contributed by atoms with Crippen LogP contribution in [0.25, 0.3) is 0 Å². The average molecular weight is 338 g/mol. The number of rotatable bonds is 1. The first-order valence-corrected chi connectivity index (χ1v) is 6.36. The van der Waals surface area contributed by atoms with Gasteiger partial charge in [-0.3, -0.25) is 4.79 Å². The van der Waals surface area contributed by atoms with E-state index < -0.39 is 0 Å². The van der Waals surface area contributed by atoms with Crippen molar-refractivity contribution in [1.29, 1.82) is 0 Å². The van der Waals surface area contributed by atoms with E-state index in [4.69, 9.17) is 4.74 Å². The molecule has 1 aromatic rings. The monoisotopic (exact) mass is 336 g/mol. The van der Waals surface area contributed by atoms with E-state index in [1.165, 1.54) is 12.3 Å². The number of ketones is 1. The Morgan fingerprint density at radius 1 is 1.50 bits per heavy atom. The van der Waals surface area contributed by atoms with Crippen LogP contribution in [0.1, 0.15) is 17.4 Å². The number of carbonyl (C=O) groups is 1. The number of hydrogen-bond donors (Lipinski definition) is 0. The molecule has 1 aromatic heterocycles. The quantitative estimate of drug-likeness (QED) is 0.778. The third-order valence-corrected chi connectivity index (χ3v) is 5.21. The van der Waals surface area contributed by atoms with E-state index in [9.17, 15) is 4.79 Å². The molecule has 0 spiro atoms. The van der Waals surface area contributed by atoms with Gasteiger partial charge in [0, 0.05) is 15.4 Å². The van der Waals surface area contributed by atoms with Crippen LogP contribution in [0.3, 0.4) is 0 Å². The lowest BCUT2D eigenvalue weighted by Crippen LogP contribution is -2.09. The molecule has 2 rings (SSSR count). The Labute approximate surface area is 102 Å². The first-order chi connectivity index (χ1) is 6.66. The first kappa shape index (κ1) is 10.4. The van der Waals surface area contributed by atoms with Crippen molar-refractivity contribution in [3.63, 3.8) is 0 Å². The van der Waals surface area contributed by atoms with Crippen LogP contribution in [0.4, 0.5) is 0 Å². The normalized spacial score (nSPS) is 21.0. The summed E-state index contributed by atoms with van der Waals surface area (Å²) in [6.07, 6.45) is 3.24. The van der Waals surface area contributed by atoms with Gasteiger partial charge in [-0.1, -0.05) is 0 Å².